The summed E-state index contributed by atoms with van der Waals surface area (Å²) in [5, 5.41) is 8.54. The Hall–Kier alpha value is -2.75. The molecule has 3 N–H and O–H groups in total. The van der Waals surface area contributed by atoms with E-state index >= 15 is 0 Å². The first kappa shape index (κ1) is 15.2. The zero-order valence-electron chi connectivity index (χ0n) is 13.3. The molecule has 2 aromatic carbocycles. The van der Waals surface area contributed by atoms with Crippen LogP contribution in [0, 0.1) is 5.41 Å². The third-order valence-electron chi connectivity index (χ3n) is 4.26. The minimum atomic E-state index is 0.485. The molecule has 2 aromatic rings. The van der Waals surface area contributed by atoms with Crippen molar-refractivity contribution in [1.82, 2.24) is 0 Å². The summed E-state index contributed by atoms with van der Waals surface area (Å²) in [5.41, 5.74) is 11.4. The van der Waals surface area contributed by atoms with Gasteiger partial charge in [0.05, 0.1) is 19.9 Å². The number of aryl methyl sites for hydroxylation is 1. The molecule has 1 aliphatic carbocycles. The lowest BCUT2D eigenvalue weighted by atomic mass is 9.84. The van der Waals surface area contributed by atoms with Gasteiger partial charge < -0.3 is 15.2 Å². The number of hydrogen-bond acceptors (Lipinski definition) is 4. The molecule has 0 fully saturated rings. The molecule has 0 atom stereocenters. The van der Waals surface area contributed by atoms with Crippen molar-refractivity contribution in [3.63, 3.8) is 0 Å². The van der Waals surface area contributed by atoms with Crippen molar-refractivity contribution in [3.8, 4) is 11.5 Å². The Labute approximate surface area is 136 Å². The molecule has 0 unspecified atom stereocenters. The van der Waals surface area contributed by atoms with Crippen LogP contribution in [0.1, 0.15) is 23.1 Å². The molecule has 1 aliphatic rings. The van der Waals surface area contributed by atoms with E-state index in [9.17, 15) is 0 Å². The summed E-state index contributed by atoms with van der Waals surface area (Å²) in [7, 11) is 3.27. The molecule has 0 heterocycles. The lowest BCUT2D eigenvalue weighted by molar-refractivity contribution is 0.414. The van der Waals surface area contributed by atoms with Gasteiger partial charge in [0.25, 0.3) is 0 Å². The van der Waals surface area contributed by atoms with Gasteiger partial charge in [-0.15, -0.1) is 0 Å². The Morgan fingerprint density at radius 1 is 0.957 bits per heavy atom. The van der Waals surface area contributed by atoms with Crippen LogP contribution in [-0.4, -0.2) is 19.9 Å². The average molecular weight is 308 g/mol. The number of allylic oxidation sites excluding steroid dienone is 1. The Kier molecular flexibility index (Phi) is 4.06. The normalized spacial score (nSPS) is 15.8. The van der Waals surface area contributed by atoms with Gasteiger partial charge in [0, 0.05) is 16.8 Å². The number of methoxy groups -OCH3 is 2. The van der Waals surface area contributed by atoms with Crippen LogP contribution in [0.4, 0.5) is 0 Å². The molecule has 0 amide bonds. The van der Waals surface area contributed by atoms with Crippen LogP contribution in [0.5, 0.6) is 11.5 Å². The van der Waals surface area contributed by atoms with E-state index in [4.69, 9.17) is 20.6 Å². The average Bonchev–Trinajstić information content (AvgIpc) is 2.61. The van der Waals surface area contributed by atoms with Crippen LogP contribution in [0.15, 0.2) is 48.0 Å². The molecule has 0 bridgehead atoms. The fourth-order valence-corrected chi connectivity index (χ4v) is 2.89. The van der Waals surface area contributed by atoms with Gasteiger partial charge in [-0.3, -0.25) is 5.41 Å². The Morgan fingerprint density at radius 2 is 1.61 bits per heavy atom. The van der Waals surface area contributed by atoms with Gasteiger partial charge in [0.2, 0.25) is 0 Å². The van der Waals surface area contributed by atoms with Crippen molar-refractivity contribution in [1.29, 1.82) is 5.41 Å². The van der Waals surface area contributed by atoms with Crippen LogP contribution < -0.4 is 15.2 Å². The maximum atomic E-state index is 8.54. The molecule has 0 spiro atoms. The molecule has 0 saturated heterocycles. The number of fused-ring (bicyclic) bond motifs is 1. The van der Waals surface area contributed by atoms with Gasteiger partial charge in [0.15, 0.2) is 0 Å². The number of rotatable bonds is 3. The minimum absolute atomic E-state index is 0.485. The molecule has 3 rings (SSSR count). The molecule has 4 heteroatoms. The van der Waals surface area contributed by atoms with Crippen molar-refractivity contribution < 1.29 is 9.47 Å². The minimum Gasteiger partial charge on any atom is -0.497 e. The highest BCUT2D eigenvalue weighted by Crippen LogP contribution is 2.31. The molecule has 0 saturated carbocycles. The molecule has 0 radical (unpaired) electrons. The first-order chi connectivity index (χ1) is 11.1. The van der Waals surface area contributed by atoms with E-state index in [0.717, 1.165) is 41.0 Å². The van der Waals surface area contributed by atoms with Crippen LogP contribution in [0.25, 0.3) is 5.70 Å². The smallest absolute Gasteiger partial charge is 0.119 e. The third kappa shape index (κ3) is 2.80. The van der Waals surface area contributed by atoms with Gasteiger partial charge in [-0.2, -0.15) is 0 Å². The van der Waals surface area contributed by atoms with Crippen molar-refractivity contribution in [2.45, 2.75) is 12.8 Å². The second-order valence-corrected chi connectivity index (χ2v) is 5.52. The molecular weight excluding hydrogens is 288 g/mol. The van der Waals surface area contributed by atoms with Crippen LogP contribution in [0.3, 0.4) is 0 Å². The topological polar surface area (TPSA) is 68.3 Å². The Bertz CT molecular complexity index is 776. The van der Waals surface area contributed by atoms with Crippen molar-refractivity contribution in [3.05, 3.63) is 64.7 Å². The lowest BCUT2D eigenvalue weighted by Crippen LogP contribution is -2.18. The van der Waals surface area contributed by atoms with Crippen molar-refractivity contribution >= 4 is 11.4 Å². The number of benzene rings is 2. The van der Waals surface area contributed by atoms with Gasteiger partial charge in [-0.25, -0.2) is 0 Å². The van der Waals surface area contributed by atoms with Gasteiger partial charge in [-0.1, -0.05) is 6.07 Å². The summed E-state index contributed by atoms with van der Waals surface area (Å²) in [6.45, 7) is 0. The Balaban J connectivity index is 2.00. The number of nitrogens with one attached hydrogen (secondary N) is 1. The summed E-state index contributed by atoms with van der Waals surface area (Å²) in [4.78, 5) is 0. The zero-order chi connectivity index (χ0) is 16.4. The van der Waals surface area contributed by atoms with E-state index in [1.807, 2.05) is 42.5 Å². The van der Waals surface area contributed by atoms with Crippen molar-refractivity contribution in [2.24, 2.45) is 5.73 Å². The highest BCUT2D eigenvalue weighted by molar-refractivity contribution is 6.16. The van der Waals surface area contributed by atoms with Gasteiger partial charge in [0.1, 0.15) is 11.5 Å². The third-order valence-corrected chi connectivity index (χ3v) is 4.26. The van der Waals surface area contributed by atoms with E-state index in [-0.39, 0.29) is 0 Å². The monoisotopic (exact) mass is 308 g/mol. The molecule has 118 valence electrons. The summed E-state index contributed by atoms with van der Waals surface area (Å²) < 4.78 is 10.5. The van der Waals surface area contributed by atoms with E-state index in [1.54, 1.807) is 14.2 Å². The fraction of sp³-hybridized carbons (Fsp3) is 0.211. The molecule has 4 nitrogen and oxygen atoms in total. The molecule has 0 aliphatic heterocycles. The van der Waals surface area contributed by atoms with Gasteiger partial charge >= 0.3 is 0 Å². The summed E-state index contributed by atoms with van der Waals surface area (Å²) >= 11 is 0. The molecule has 0 aromatic heterocycles. The van der Waals surface area contributed by atoms with E-state index in [1.165, 1.54) is 5.56 Å². The van der Waals surface area contributed by atoms with E-state index < -0.39 is 0 Å². The predicted octanol–water partition coefficient (Wildman–Crippen LogP) is 3.39. The van der Waals surface area contributed by atoms with Crippen LogP contribution in [0.2, 0.25) is 0 Å². The molecule has 23 heavy (non-hydrogen) atoms. The second-order valence-electron chi connectivity index (χ2n) is 5.52. The highest BCUT2D eigenvalue weighted by Gasteiger charge is 2.22. The first-order valence-electron chi connectivity index (χ1n) is 7.53. The van der Waals surface area contributed by atoms with Crippen LogP contribution in [-0.2, 0) is 6.42 Å². The highest BCUT2D eigenvalue weighted by atomic mass is 16.5. The standard InChI is InChI=1S/C19H20N2O2/c1-22-14-7-4-13(5-8-14)18(20)16-10-6-12-3-9-15(23-2)11-17(12)19(16)21/h3-5,7-9,11,21H,6,10,20H2,1-2H3/b18-16-,21-19?. The first-order valence-corrected chi connectivity index (χ1v) is 7.53. The predicted molar refractivity (Wildman–Crippen MR) is 92.2 cm³/mol. The number of hydrogen-bond donors (Lipinski definition) is 2. The SMILES string of the molecule is COc1ccc(/C(N)=C2\CCc3ccc(OC)cc3C2=N)cc1. The van der Waals surface area contributed by atoms with Crippen LogP contribution >= 0.6 is 0 Å². The molecular formula is C19H20N2O2. The number of ether oxygens (including phenoxy) is 2. The van der Waals surface area contributed by atoms with Crippen molar-refractivity contribution in [2.75, 3.05) is 14.2 Å². The van der Waals surface area contributed by atoms with E-state index in [2.05, 4.69) is 0 Å². The zero-order valence-corrected chi connectivity index (χ0v) is 13.3. The summed E-state index contributed by atoms with van der Waals surface area (Å²) in [6, 6.07) is 13.5. The van der Waals surface area contributed by atoms with E-state index in [0.29, 0.717) is 11.4 Å². The second kappa shape index (κ2) is 6.16. The fourth-order valence-electron chi connectivity index (χ4n) is 2.89. The van der Waals surface area contributed by atoms with Gasteiger partial charge in [-0.05, 0) is 60.4 Å². The Morgan fingerprint density at radius 3 is 2.26 bits per heavy atom. The quantitative estimate of drug-likeness (QED) is 0.913. The lowest BCUT2D eigenvalue weighted by Gasteiger charge is -2.22. The summed E-state index contributed by atoms with van der Waals surface area (Å²) in [6.07, 6.45) is 1.66. The maximum absolute atomic E-state index is 8.54. The maximum Gasteiger partial charge on any atom is 0.119 e. The number of nitrogens with two attached hydrogens (primary N) is 1. The summed E-state index contributed by atoms with van der Waals surface area (Å²) in [5.74, 6) is 1.55. The largest absolute Gasteiger partial charge is 0.497 e.